The molecule has 1 aromatic heterocycles. The molecule has 0 aliphatic carbocycles. The molecule has 60 valence electrons. The van der Waals surface area contributed by atoms with E-state index in [1.165, 1.54) is 0 Å². The molecule has 0 amide bonds. The summed E-state index contributed by atoms with van der Waals surface area (Å²) in [7, 11) is 0. The van der Waals surface area contributed by atoms with E-state index in [-0.39, 0.29) is 11.6 Å². The fraction of sp³-hybridized carbons (Fsp3) is 0.200. The van der Waals surface area contributed by atoms with Crippen LogP contribution in [-0.4, -0.2) is 10.4 Å². The van der Waals surface area contributed by atoms with Crippen LogP contribution in [0, 0.1) is 0 Å². The molecule has 3 nitrogen and oxygen atoms in total. The van der Waals surface area contributed by atoms with Gasteiger partial charge in [0.15, 0.2) is 5.69 Å². The summed E-state index contributed by atoms with van der Waals surface area (Å²) in [6.45, 7) is 0. The zero-order valence-corrected chi connectivity index (χ0v) is 8.20. The average Bonchev–Trinajstić information content (AvgIpc) is 2.30. The van der Waals surface area contributed by atoms with Crippen LogP contribution in [0.3, 0.4) is 0 Å². The summed E-state index contributed by atoms with van der Waals surface area (Å²) >= 11 is 13.7. The Kier molecular flexibility index (Phi) is 2.92. The van der Waals surface area contributed by atoms with E-state index in [1.54, 1.807) is 0 Å². The van der Waals surface area contributed by atoms with E-state index in [9.17, 15) is 4.79 Å². The number of aromatic nitrogens is 1. The van der Waals surface area contributed by atoms with Gasteiger partial charge in [-0.25, -0.2) is 0 Å². The van der Waals surface area contributed by atoms with Gasteiger partial charge in [-0.2, -0.15) is 0 Å². The van der Waals surface area contributed by atoms with Gasteiger partial charge in [0.05, 0.1) is 11.4 Å². The van der Waals surface area contributed by atoms with Crippen molar-refractivity contribution >= 4 is 44.4 Å². The van der Waals surface area contributed by atoms with Crippen LogP contribution in [0.5, 0.6) is 0 Å². The summed E-state index contributed by atoms with van der Waals surface area (Å²) in [5.74, 6) is 0.137. The molecule has 0 unspecified atom stereocenters. The maximum atomic E-state index is 10.6. The van der Waals surface area contributed by atoms with E-state index in [0.29, 0.717) is 10.2 Å². The van der Waals surface area contributed by atoms with Gasteiger partial charge in [-0.3, -0.25) is 4.79 Å². The minimum atomic E-state index is -0.671. The number of carbonyl (C=O) groups excluding carboxylic acids is 1. The highest BCUT2D eigenvalue weighted by atomic mass is 79.9. The zero-order chi connectivity index (χ0) is 8.43. The van der Waals surface area contributed by atoms with Crippen LogP contribution in [0.25, 0.3) is 0 Å². The third kappa shape index (κ3) is 1.75. The first kappa shape index (κ1) is 9.03. The molecule has 0 saturated carbocycles. The van der Waals surface area contributed by atoms with Crippen molar-refractivity contribution in [2.75, 3.05) is 0 Å². The average molecular weight is 259 g/mol. The molecular weight excluding hydrogens is 257 g/mol. The van der Waals surface area contributed by atoms with Crippen molar-refractivity contribution in [1.82, 2.24) is 5.16 Å². The topological polar surface area (TPSA) is 43.1 Å². The summed E-state index contributed by atoms with van der Waals surface area (Å²) < 4.78 is 4.97. The Labute approximate surface area is 80.8 Å². The Morgan fingerprint density at radius 2 is 2.36 bits per heavy atom. The van der Waals surface area contributed by atoms with Crippen molar-refractivity contribution in [1.29, 1.82) is 0 Å². The predicted octanol–water partition coefficient (Wildman–Crippen LogP) is 2.55. The molecule has 0 aromatic carbocycles. The van der Waals surface area contributed by atoms with Gasteiger partial charge in [-0.05, 0) is 27.5 Å². The number of carbonyl (C=O) groups is 1. The number of halogens is 3. The molecule has 0 aliphatic heterocycles. The van der Waals surface area contributed by atoms with Crippen molar-refractivity contribution in [3.05, 3.63) is 15.9 Å². The van der Waals surface area contributed by atoms with Gasteiger partial charge < -0.3 is 4.52 Å². The molecule has 11 heavy (non-hydrogen) atoms. The fourth-order valence-corrected chi connectivity index (χ4v) is 1.52. The SMILES string of the molecule is O=C(Cl)c1noc(Br)c1CCl. The largest absolute Gasteiger partial charge is 0.348 e. The summed E-state index contributed by atoms with van der Waals surface area (Å²) in [6, 6.07) is 0. The van der Waals surface area contributed by atoms with Gasteiger partial charge in [0.25, 0.3) is 5.24 Å². The van der Waals surface area contributed by atoms with Crippen LogP contribution in [0.1, 0.15) is 16.1 Å². The molecule has 0 fully saturated rings. The molecule has 0 N–H and O–H groups in total. The van der Waals surface area contributed by atoms with Crippen molar-refractivity contribution in [2.45, 2.75) is 5.88 Å². The van der Waals surface area contributed by atoms with Crippen LogP contribution in [0.2, 0.25) is 0 Å². The van der Waals surface area contributed by atoms with Gasteiger partial charge in [-0.1, -0.05) is 5.16 Å². The van der Waals surface area contributed by atoms with Crippen molar-refractivity contribution in [2.24, 2.45) is 0 Å². The Bertz CT molecular complexity index is 286. The lowest BCUT2D eigenvalue weighted by molar-refractivity contribution is 0.107. The van der Waals surface area contributed by atoms with Gasteiger partial charge in [0.1, 0.15) is 0 Å². The molecule has 1 rings (SSSR count). The van der Waals surface area contributed by atoms with Crippen LogP contribution in [0.15, 0.2) is 9.19 Å². The lowest BCUT2D eigenvalue weighted by atomic mass is 10.3. The number of rotatable bonds is 2. The first-order valence-electron chi connectivity index (χ1n) is 2.56. The molecule has 0 saturated heterocycles. The standard InChI is InChI=1S/C5H2BrCl2NO2/c6-4-2(1-7)3(5(8)10)9-11-4/h1H2. The Morgan fingerprint density at radius 1 is 1.73 bits per heavy atom. The highest BCUT2D eigenvalue weighted by Crippen LogP contribution is 2.23. The first-order valence-corrected chi connectivity index (χ1v) is 4.27. The maximum absolute atomic E-state index is 10.6. The first-order chi connectivity index (χ1) is 5.16. The number of hydrogen-bond donors (Lipinski definition) is 0. The minimum absolute atomic E-state index is 0.0635. The molecule has 6 heteroatoms. The third-order valence-electron chi connectivity index (χ3n) is 1.06. The Morgan fingerprint density at radius 3 is 2.73 bits per heavy atom. The van der Waals surface area contributed by atoms with Crippen molar-refractivity contribution < 1.29 is 9.32 Å². The van der Waals surface area contributed by atoms with Crippen LogP contribution < -0.4 is 0 Å². The molecular formula is C5H2BrCl2NO2. The van der Waals surface area contributed by atoms with Gasteiger partial charge in [-0.15, -0.1) is 11.6 Å². The molecule has 0 radical (unpaired) electrons. The number of hydrogen-bond acceptors (Lipinski definition) is 3. The van der Waals surface area contributed by atoms with E-state index < -0.39 is 5.24 Å². The molecule has 0 aliphatic rings. The second kappa shape index (κ2) is 3.56. The van der Waals surface area contributed by atoms with Gasteiger partial charge in [0, 0.05) is 0 Å². The van der Waals surface area contributed by atoms with Crippen molar-refractivity contribution in [3.8, 4) is 0 Å². The number of alkyl halides is 1. The lowest BCUT2D eigenvalue weighted by Crippen LogP contribution is -1.93. The Hall–Kier alpha value is -0.0600. The second-order valence-electron chi connectivity index (χ2n) is 1.69. The van der Waals surface area contributed by atoms with Gasteiger partial charge in [0.2, 0.25) is 4.67 Å². The van der Waals surface area contributed by atoms with E-state index >= 15 is 0 Å². The monoisotopic (exact) mass is 257 g/mol. The zero-order valence-electron chi connectivity index (χ0n) is 5.10. The molecule has 1 aromatic rings. The van der Waals surface area contributed by atoms with E-state index in [1.807, 2.05) is 0 Å². The fourth-order valence-electron chi connectivity index (χ4n) is 0.559. The second-order valence-corrected chi connectivity index (χ2v) is 3.02. The molecule has 0 atom stereocenters. The molecule has 1 heterocycles. The maximum Gasteiger partial charge on any atom is 0.274 e. The highest BCUT2D eigenvalue weighted by Gasteiger charge is 2.17. The summed E-state index contributed by atoms with van der Waals surface area (Å²) in [5.41, 5.74) is 0.542. The quantitative estimate of drug-likeness (QED) is 0.605. The van der Waals surface area contributed by atoms with Crippen molar-refractivity contribution in [3.63, 3.8) is 0 Å². The molecule has 0 spiro atoms. The lowest BCUT2D eigenvalue weighted by Gasteiger charge is -1.87. The third-order valence-corrected chi connectivity index (χ3v) is 2.13. The van der Waals surface area contributed by atoms with E-state index in [0.717, 1.165) is 0 Å². The summed E-state index contributed by atoms with van der Waals surface area (Å²) in [6.07, 6.45) is 0. The van der Waals surface area contributed by atoms with E-state index in [2.05, 4.69) is 25.6 Å². The predicted molar refractivity (Wildman–Crippen MR) is 43.9 cm³/mol. The van der Waals surface area contributed by atoms with Crippen LogP contribution >= 0.6 is 39.1 Å². The summed E-state index contributed by atoms with van der Waals surface area (Å²) in [4.78, 5) is 10.6. The Balaban J connectivity index is 3.15. The minimum Gasteiger partial charge on any atom is -0.348 e. The number of nitrogens with zero attached hydrogens (tertiary/aromatic N) is 1. The normalized spacial score (nSPS) is 10.1. The van der Waals surface area contributed by atoms with Crippen LogP contribution in [-0.2, 0) is 5.88 Å². The van der Waals surface area contributed by atoms with Crippen LogP contribution in [0.4, 0.5) is 0 Å². The summed E-state index contributed by atoms with van der Waals surface area (Å²) in [5, 5.41) is 2.73. The van der Waals surface area contributed by atoms with E-state index in [4.69, 9.17) is 23.2 Å². The smallest absolute Gasteiger partial charge is 0.274 e. The van der Waals surface area contributed by atoms with Gasteiger partial charge >= 0.3 is 0 Å². The highest BCUT2D eigenvalue weighted by molar-refractivity contribution is 9.10. The molecule has 0 bridgehead atoms.